The number of rotatable bonds is 5. The molecule has 10 heteroatoms. The number of nitrogens with zero attached hydrogens (tertiary/aromatic N) is 2. The summed E-state index contributed by atoms with van der Waals surface area (Å²) in [6.07, 6.45) is 3.98. The molecular formula is C24H18BrF2N3O2S2. The van der Waals surface area contributed by atoms with E-state index < -0.39 is 17.5 Å². The molecule has 0 unspecified atom stereocenters. The summed E-state index contributed by atoms with van der Waals surface area (Å²) in [6, 6.07) is 10.5. The van der Waals surface area contributed by atoms with E-state index in [2.05, 4.69) is 21.2 Å². The van der Waals surface area contributed by atoms with Crippen LogP contribution in [-0.2, 0) is 17.6 Å². The number of amides is 1. The van der Waals surface area contributed by atoms with Gasteiger partial charge in [0.05, 0.1) is 16.8 Å². The van der Waals surface area contributed by atoms with Gasteiger partial charge in [-0.25, -0.2) is 13.8 Å². The van der Waals surface area contributed by atoms with Crippen LogP contribution in [0.1, 0.15) is 23.3 Å². The maximum Gasteiger partial charge on any atom is 0.267 e. The van der Waals surface area contributed by atoms with Crippen LogP contribution in [-0.4, -0.2) is 21.2 Å². The molecule has 0 bridgehead atoms. The molecule has 2 aromatic carbocycles. The van der Waals surface area contributed by atoms with Gasteiger partial charge in [-0.3, -0.25) is 14.2 Å². The number of carbonyl (C=O) groups excluding carboxylic acids is 1. The minimum Gasteiger partial charge on any atom is -0.325 e. The average molecular weight is 562 g/mol. The van der Waals surface area contributed by atoms with Gasteiger partial charge in [0.25, 0.3) is 5.56 Å². The van der Waals surface area contributed by atoms with Crippen LogP contribution in [0.5, 0.6) is 0 Å². The Morgan fingerprint density at radius 1 is 1.12 bits per heavy atom. The smallest absolute Gasteiger partial charge is 0.267 e. The first-order chi connectivity index (χ1) is 16.4. The van der Waals surface area contributed by atoms with E-state index in [0.29, 0.717) is 21.1 Å². The summed E-state index contributed by atoms with van der Waals surface area (Å²) in [5.74, 6) is -2.50. The number of carbonyl (C=O) groups is 1. The Labute approximate surface area is 210 Å². The molecule has 4 aromatic rings. The predicted octanol–water partition coefficient (Wildman–Crippen LogP) is 6.10. The molecule has 0 atom stereocenters. The van der Waals surface area contributed by atoms with Crippen molar-refractivity contribution in [1.82, 2.24) is 9.55 Å². The molecule has 0 saturated carbocycles. The van der Waals surface area contributed by atoms with Crippen molar-refractivity contribution >= 4 is 60.8 Å². The molecule has 1 N–H and O–H groups in total. The molecule has 0 spiro atoms. The summed E-state index contributed by atoms with van der Waals surface area (Å²) in [7, 11) is 0. The lowest BCUT2D eigenvalue weighted by Gasteiger charge is -2.14. The fourth-order valence-electron chi connectivity index (χ4n) is 4.00. The summed E-state index contributed by atoms with van der Waals surface area (Å²) in [4.78, 5) is 32.9. The van der Waals surface area contributed by atoms with Gasteiger partial charge in [0, 0.05) is 21.1 Å². The molecule has 0 aliphatic heterocycles. The first-order valence-electron chi connectivity index (χ1n) is 10.6. The predicted molar refractivity (Wildman–Crippen MR) is 135 cm³/mol. The number of anilines is 1. The Hall–Kier alpha value is -2.56. The fraction of sp³-hybridized carbons (Fsp3) is 0.208. The number of hydrogen-bond donors (Lipinski definition) is 1. The van der Waals surface area contributed by atoms with E-state index in [0.717, 1.165) is 59.6 Å². The van der Waals surface area contributed by atoms with Crippen molar-refractivity contribution in [1.29, 1.82) is 0 Å². The van der Waals surface area contributed by atoms with Gasteiger partial charge in [0.1, 0.15) is 4.83 Å². The standard InChI is InChI=1S/C24H18BrF2N3O2S2/c25-13-5-8-15(9-6-13)30-23(32)21-16-3-1-2-4-19(16)34-22(21)29-24(30)33-12-20(31)28-14-7-10-17(26)18(27)11-14/h5-11H,1-4,12H2,(H,28,31). The van der Waals surface area contributed by atoms with Gasteiger partial charge >= 0.3 is 0 Å². The number of halogens is 3. The Kier molecular flexibility index (Phi) is 6.54. The van der Waals surface area contributed by atoms with Crippen molar-refractivity contribution in [3.63, 3.8) is 0 Å². The molecule has 174 valence electrons. The third-order valence-electron chi connectivity index (χ3n) is 5.58. The summed E-state index contributed by atoms with van der Waals surface area (Å²) >= 11 is 6.09. The SMILES string of the molecule is O=C(CSc1nc2sc3c(c2c(=O)n1-c1ccc(Br)cc1)CCCC3)Nc1ccc(F)c(F)c1. The Balaban J connectivity index is 1.50. The van der Waals surface area contributed by atoms with Gasteiger partial charge in [-0.1, -0.05) is 27.7 Å². The third kappa shape index (κ3) is 4.54. The molecule has 0 fully saturated rings. The van der Waals surface area contributed by atoms with Gasteiger partial charge in [-0.05, 0) is 67.6 Å². The second-order valence-corrected chi connectivity index (χ2v) is 10.8. The maximum atomic E-state index is 13.7. The minimum absolute atomic E-state index is 0.0570. The molecule has 1 amide bonds. The highest BCUT2D eigenvalue weighted by atomic mass is 79.9. The largest absolute Gasteiger partial charge is 0.325 e. The van der Waals surface area contributed by atoms with Gasteiger partial charge in [-0.2, -0.15) is 0 Å². The second kappa shape index (κ2) is 9.59. The number of hydrogen-bond acceptors (Lipinski definition) is 5. The van der Waals surface area contributed by atoms with Crippen molar-refractivity contribution in [2.75, 3.05) is 11.1 Å². The van der Waals surface area contributed by atoms with Crippen molar-refractivity contribution in [3.05, 3.63) is 79.4 Å². The summed E-state index contributed by atoms with van der Waals surface area (Å²) < 4.78 is 29.0. The normalized spacial score (nSPS) is 13.1. The van der Waals surface area contributed by atoms with E-state index in [1.165, 1.54) is 10.9 Å². The van der Waals surface area contributed by atoms with Gasteiger partial charge in [-0.15, -0.1) is 11.3 Å². The lowest BCUT2D eigenvalue weighted by atomic mass is 9.97. The highest BCUT2D eigenvalue weighted by Crippen LogP contribution is 2.35. The van der Waals surface area contributed by atoms with E-state index in [-0.39, 0.29) is 17.0 Å². The molecule has 0 radical (unpaired) electrons. The van der Waals surface area contributed by atoms with E-state index >= 15 is 0 Å². The van der Waals surface area contributed by atoms with Gasteiger partial charge < -0.3 is 5.32 Å². The first-order valence-corrected chi connectivity index (χ1v) is 13.2. The number of fused-ring (bicyclic) bond motifs is 3. The molecule has 5 rings (SSSR count). The van der Waals surface area contributed by atoms with E-state index in [1.54, 1.807) is 15.9 Å². The number of thioether (sulfide) groups is 1. The lowest BCUT2D eigenvalue weighted by Crippen LogP contribution is -2.23. The Morgan fingerprint density at radius 3 is 2.65 bits per heavy atom. The van der Waals surface area contributed by atoms with Crippen LogP contribution in [0.4, 0.5) is 14.5 Å². The lowest BCUT2D eigenvalue weighted by molar-refractivity contribution is -0.113. The average Bonchev–Trinajstić information content (AvgIpc) is 3.20. The van der Waals surface area contributed by atoms with Crippen LogP contribution in [0.25, 0.3) is 15.9 Å². The molecule has 2 heterocycles. The highest BCUT2D eigenvalue weighted by Gasteiger charge is 2.23. The van der Waals surface area contributed by atoms with Crippen molar-refractivity contribution in [2.45, 2.75) is 30.8 Å². The Morgan fingerprint density at radius 2 is 1.88 bits per heavy atom. The molecule has 34 heavy (non-hydrogen) atoms. The third-order valence-corrected chi connectivity index (χ3v) is 8.23. The van der Waals surface area contributed by atoms with Crippen LogP contribution in [0.3, 0.4) is 0 Å². The number of nitrogens with one attached hydrogen (secondary N) is 1. The van der Waals surface area contributed by atoms with E-state index in [4.69, 9.17) is 4.98 Å². The number of aryl methyl sites for hydroxylation is 2. The molecule has 5 nitrogen and oxygen atoms in total. The van der Waals surface area contributed by atoms with Gasteiger partial charge in [0.2, 0.25) is 5.91 Å². The van der Waals surface area contributed by atoms with Gasteiger partial charge in [0.15, 0.2) is 16.8 Å². The summed E-state index contributed by atoms with van der Waals surface area (Å²) in [5, 5.41) is 3.62. The van der Waals surface area contributed by atoms with Crippen molar-refractivity contribution in [2.24, 2.45) is 0 Å². The van der Waals surface area contributed by atoms with Crippen LogP contribution >= 0.6 is 39.0 Å². The summed E-state index contributed by atoms with van der Waals surface area (Å²) in [5.41, 5.74) is 1.77. The van der Waals surface area contributed by atoms with Crippen LogP contribution in [0.2, 0.25) is 0 Å². The topological polar surface area (TPSA) is 64.0 Å². The monoisotopic (exact) mass is 561 g/mol. The highest BCUT2D eigenvalue weighted by molar-refractivity contribution is 9.10. The van der Waals surface area contributed by atoms with E-state index in [9.17, 15) is 18.4 Å². The Bertz CT molecular complexity index is 1470. The van der Waals surface area contributed by atoms with Crippen molar-refractivity contribution < 1.29 is 13.6 Å². The molecule has 1 aliphatic carbocycles. The molecule has 1 aliphatic rings. The zero-order valence-corrected chi connectivity index (χ0v) is 21.0. The molecular weight excluding hydrogens is 544 g/mol. The zero-order valence-electron chi connectivity index (χ0n) is 17.7. The fourth-order valence-corrected chi connectivity index (χ4v) is 6.38. The number of thiophene rings is 1. The maximum absolute atomic E-state index is 13.7. The molecule has 0 saturated heterocycles. The van der Waals surface area contributed by atoms with Crippen LogP contribution in [0, 0.1) is 11.6 Å². The quantitative estimate of drug-likeness (QED) is 0.236. The minimum atomic E-state index is -1.04. The number of benzene rings is 2. The van der Waals surface area contributed by atoms with Crippen molar-refractivity contribution in [3.8, 4) is 5.69 Å². The summed E-state index contributed by atoms with van der Waals surface area (Å²) in [6.45, 7) is 0. The van der Waals surface area contributed by atoms with Crippen LogP contribution < -0.4 is 10.9 Å². The zero-order chi connectivity index (χ0) is 23.8. The second-order valence-electron chi connectivity index (χ2n) is 7.87. The first kappa shape index (κ1) is 23.2. The van der Waals surface area contributed by atoms with Crippen LogP contribution in [0.15, 0.2) is 56.9 Å². The molecule has 2 aromatic heterocycles. The number of aromatic nitrogens is 2. The van der Waals surface area contributed by atoms with E-state index in [1.807, 2.05) is 24.3 Å².